The van der Waals surface area contributed by atoms with E-state index in [0.29, 0.717) is 0 Å². The zero-order valence-corrected chi connectivity index (χ0v) is 13.2. The molecule has 112 valence electrons. The van der Waals surface area contributed by atoms with Gasteiger partial charge in [0.25, 0.3) is 0 Å². The summed E-state index contributed by atoms with van der Waals surface area (Å²) >= 11 is 0. The van der Waals surface area contributed by atoms with Gasteiger partial charge < -0.3 is 10.1 Å². The van der Waals surface area contributed by atoms with Crippen molar-refractivity contribution in [1.82, 2.24) is 5.32 Å². The molecule has 21 heavy (non-hydrogen) atoms. The second-order valence-corrected chi connectivity index (χ2v) is 5.47. The van der Waals surface area contributed by atoms with Gasteiger partial charge in [0.15, 0.2) is 0 Å². The van der Waals surface area contributed by atoms with Gasteiger partial charge in [-0.1, -0.05) is 49.4 Å². The zero-order valence-electron chi connectivity index (χ0n) is 13.2. The molecule has 0 amide bonds. The molecular weight excluding hydrogens is 258 g/mol. The number of benzene rings is 2. The summed E-state index contributed by atoms with van der Waals surface area (Å²) in [5.74, 6) is 0.990. The smallest absolute Gasteiger partial charge is 0.124 e. The fraction of sp³-hybridized carbons (Fsp3) is 0.368. The van der Waals surface area contributed by atoms with Crippen LogP contribution in [0.4, 0.5) is 0 Å². The lowest BCUT2D eigenvalue weighted by Gasteiger charge is -2.16. The summed E-state index contributed by atoms with van der Waals surface area (Å²) in [6.45, 7) is 8.10. The summed E-state index contributed by atoms with van der Waals surface area (Å²) in [7, 11) is 0. The quantitative estimate of drug-likeness (QED) is 0.810. The Balaban J connectivity index is 1.95. The molecule has 0 aliphatic rings. The highest BCUT2D eigenvalue weighted by Gasteiger charge is 2.06. The number of ether oxygens (including phenoxy) is 1. The Labute approximate surface area is 128 Å². The first-order chi connectivity index (χ1) is 10.2. The van der Waals surface area contributed by atoms with Crippen LogP contribution in [0.3, 0.4) is 0 Å². The Morgan fingerprint density at radius 1 is 0.952 bits per heavy atom. The van der Waals surface area contributed by atoms with Crippen molar-refractivity contribution >= 4 is 0 Å². The first-order valence-corrected chi connectivity index (χ1v) is 7.70. The van der Waals surface area contributed by atoms with Gasteiger partial charge in [0.2, 0.25) is 0 Å². The SMILES string of the molecule is CCC(C)Oc1ccccc1CNCc1ccccc1C. The van der Waals surface area contributed by atoms with Crippen LogP contribution in [0.1, 0.15) is 37.0 Å². The van der Waals surface area contributed by atoms with E-state index in [2.05, 4.69) is 68.6 Å². The van der Waals surface area contributed by atoms with E-state index in [9.17, 15) is 0 Å². The maximum atomic E-state index is 5.98. The van der Waals surface area contributed by atoms with Crippen molar-refractivity contribution in [2.45, 2.75) is 46.4 Å². The molecule has 2 nitrogen and oxygen atoms in total. The summed E-state index contributed by atoms with van der Waals surface area (Å²) in [6, 6.07) is 16.8. The lowest BCUT2D eigenvalue weighted by atomic mass is 10.1. The van der Waals surface area contributed by atoms with Crippen molar-refractivity contribution in [1.29, 1.82) is 0 Å². The lowest BCUT2D eigenvalue weighted by molar-refractivity contribution is 0.215. The number of hydrogen-bond acceptors (Lipinski definition) is 2. The van der Waals surface area contributed by atoms with Crippen LogP contribution in [0.15, 0.2) is 48.5 Å². The number of rotatable bonds is 7. The molecule has 2 aromatic rings. The minimum Gasteiger partial charge on any atom is -0.490 e. The summed E-state index contributed by atoms with van der Waals surface area (Å²) < 4.78 is 5.98. The molecule has 2 aromatic carbocycles. The molecule has 0 spiro atoms. The third-order valence-electron chi connectivity index (χ3n) is 3.77. The molecule has 0 aliphatic carbocycles. The Kier molecular flexibility index (Phi) is 5.82. The average molecular weight is 283 g/mol. The minimum atomic E-state index is 0.252. The lowest BCUT2D eigenvalue weighted by Crippen LogP contribution is -2.16. The third kappa shape index (κ3) is 4.61. The summed E-state index contributed by atoms with van der Waals surface area (Å²) in [5.41, 5.74) is 3.89. The van der Waals surface area contributed by atoms with E-state index in [1.165, 1.54) is 16.7 Å². The van der Waals surface area contributed by atoms with Crippen LogP contribution < -0.4 is 10.1 Å². The van der Waals surface area contributed by atoms with E-state index in [4.69, 9.17) is 4.74 Å². The van der Waals surface area contributed by atoms with Crippen LogP contribution in [0, 0.1) is 6.92 Å². The third-order valence-corrected chi connectivity index (χ3v) is 3.77. The van der Waals surface area contributed by atoms with Gasteiger partial charge >= 0.3 is 0 Å². The maximum absolute atomic E-state index is 5.98. The van der Waals surface area contributed by atoms with Crippen molar-refractivity contribution in [3.63, 3.8) is 0 Å². The molecule has 0 saturated heterocycles. The van der Waals surface area contributed by atoms with Crippen molar-refractivity contribution in [3.8, 4) is 5.75 Å². The highest BCUT2D eigenvalue weighted by molar-refractivity contribution is 5.33. The van der Waals surface area contributed by atoms with Gasteiger partial charge in [0, 0.05) is 18.7 Å². The Bertz CT molecular complexity index is 565. The minimum absolute atomic E-state index is 0.252. The van der Waals surface area contributed by atoms with E-state index in [1.807, 2.05) is 6.07 Å². The fourth-order valence-corrected chi connectivity index (χ4v) is 2.21. The van der Waals surface area contributed by atoms with Gasteiger partial charge in [-0.2, -0.15) is 0 Å². The second kappa shape index (κ2) is 7.84. The Hall–Kier alpha value is -1.80. The predicted molar refractivity (Wildman–Crippen MR) is 88.5 cm³/mol. The normalized spacial score (nSPS) is 12.1. The molecule has 0 saturated carbocycles. The molecule has 0 heterocycles. The summed E-state index contributed by atoms with van der Waals surface area (Å²) in [5, 5.41) is 3.51. The van der Waals surface area contributed by atoms with E-state index in [0.717, 1.165) is 25.3 Å². The van der Waals surface area contributed by atoms with E-state index in [1.54, 1.807) is 0 Å². The van der Waals surface area contributed by atoms with Crippen molar-refractivity contribution < 1.29 is 4.74 Å². The van der Waals surface area contributed by atoms with Crippen molar-refractivity contribution in [3.05, 3.63) is 65.2 Å². The maximum Gasteiger partial charge on any atom is 0.124 e. The molecule has 2 heteroatoms. The Morgan fingerprint density at radius 3 is 2.29 bits per heavy atom. The summed E-state index contributed by atoms with van der Waals surface area (Å²) in [4.78, 5) is 0. The van der Waals surface area contributed by atoms with Gasteiger partial charge in [0.05, 0.1) is 6.10 Å². The highest BCUT2D eigenvalue weighted by Crippen LogP contribution is 2.20. The number of para-hydroxylation sites is 1. The topological polar surface area (TPSA) is 21.3 Å². The van der Waals surface area contributed by atoms with Gasteiger partial charge in [-0.25, -0.2) is 0 Å². The first kappa shape index (κ1) is 15.6. The van der Waals surface area contributed by atoms with Crippen LogP contribution in [0.25, 0.3) is 0 Å². The van der Waals surface area contributed by atoms with Crippen LogP contribution in [0.2, 0.25) is 0 Å². The number of aryl methyl sites for hydroxylation is 1. The predicted octanol–water partition coefficient (Wildman–Crippen LogP) is 4.46. The summed E-state index contributed by atoms with van der Waals surface area (Å²) in [6.07, 6.45) is 1.27. The highest BCUT2D eigenvalue weighted by atomic mass is 16.5. The largest absolute Gasteiger partial charge is 0.490 e. The molecule has 1 unspecified atom stereocenters. The second-order valence-electron chi connectivity index (χ2n) is 5.47. The van der Waals surface area contributed by atoms with Crippen LogP contribution in [0.5, 0.6) is 5.75 Å². The van der Waals surface area contributed by atoms with Crippen molar-refractivity contribution in [2.24, 2.45) is 0 Å². The van der Waals surface area contributed by atoms with E-state index in [-0.39, 0.29) is 6.10 Å². The molecule has 2 rings (SSSR count). The Morgan fingerprint density at radius 2 is 1.57 bits per heavy atom. The van der Waals surface area contributed by atoms with Gasteiger partial charge in [0.1, 0.15) is 5.75 Å². The fourth-order valence-electron chi connectivity index (χ4n) is 2.21. The molecule has 0 radical (unpaired) electrons. The standard InChI is InChI=1S/C19H25NO/c1-4-16(3)21-19-12-8-7-11-18(19)14-20-13-17-10-6-5-9-15(17)2/h5-12,16,20H,4,13-14H2,1-3H3. The zero-order chi connectivity index (χ0) is 15.1. The number of nitrogens with one attached hydrogen (secondary N) is 1. The molecule has 1 N–H and O–H groups in total. The van der Waals surface area contributed by atoms with Crippen LogP contribution in [-0.4, -0.2) is 6.10 Å². The van der Waals surface area contributed by atoms with Gasteiger partial charge in [-0.15, -0.1) is 0 Å². The monoisotopic (exact) mass is 283 g/mol. The average Bonchev–Trinajstić information content (AvgIpc) is 2.50. The number of hydrogen-bond donors (Lipinski definition) is 1. The first-order valence-electron chi connectivity index (χ1n) is 7.70. The van der Waals surface area contributed by atoms with E-state index >= 15 is 0 Å². The molecule has 0 aliphatic heterocycles. The molecular formula is C19H25NO. The van der Waals surface area contributed by atoms with E-state index < -0.39 is 0 Å². The molecule has 0 fully saturated rings. The van der Waals surface area contributed by atoms with Crippen LogP contribution in [-0.2, 0) is 13.1 Å². The van der Waals surface area contributed by atoms with Gasteiger partial charge in [-0.3, -0.25) is 0 Å². The molecule has 0 bridgehead atoms. The molecule has 1 atom stereocenters. The van der Waals surface area contributed by atoms with Gasteiger partial charge in [-0.05, 0) is 37.5 Å². The molecule has 0 aromatic heterocycles. The van der Waals surface area contributed by atoms with Crippen LogP contribution >= 0.6 is 0 Å². The van der Waals surface area contributed by atoms with Crippen molar-refractivity contribution in [2.75, 3.05) is 0 Å².